The lowest BCUT2D eigenvalue weighted by Gasteiger charge is -2.27. The zero-order valence-electron chi connectivity index (χ0n) is 11.5. The van der Waals surface area contributed by atoms with Gasteiger partial charge in [-0.3, -0.25) is 14.4 Å². The molecule has 0 heterocycles. The molecule has 0 N–H and O–H groups in total. The summed E-state index contributed by atoms with van der Waals surface area (Å²) in [5.74, 6) is -1.40. The normalized spacial score (nSPS) is 22.1. The van der Waals surface area contributed by atoms with Gasteiger partial charge in [0.05, 0.1) is 14.2 Å². The Bertz CT molecular complexity index is 521. The van der Waals surface area contributed by atoms with Crippen LogP contribution in [0.5, 0.6) is 0 Å². The molecule has 0 amide bonds. The first kappa shape index (κ1) is 14.2. The van der Waals surface area contributed by atoms with Crippen LogP contribution in [0.3, 0.4) is 0 Å². The van der Waals surface area contributed by atoms with Gasteiger partial charge in [0.2, 0.25) is 0 Å². The van der Waals surface area contributed by atoms with E-state index in [1.165, 1.54) is 26.4 Å². The number of ether oxygens (including phenoxy) is 2. The van der Waals surface area contributed by atoms with Gasteiger partial charge in [-0.2, -0.15) is 0 Å². The van der Waals surface area contributed by atoms with E-state index >= 15 is 0 Å². The first-order valence-electron chi connectivity index (χ1n) is 6.18. The Hall–Kier alpha value is -2.17. The van der Waals surface area contributed by atoms with Gasteiger partial charge in [-0.05, 0) is 25.0 Å². The van der Waals surface area contributed by atoms with E-state index < -0.39 is 22.8 Å². The largest absolute Gasteiger partial charge is 0.468 e. The number of ketones is 1. The molecule has 0 atom stereocenters. The zero-order chi connectivity index (χ0) is 15.0. The van der Waals surface area contributed by atoms with Crippen LogP contribution in [-0.2, 0) is 23.9 Å². The van der Waals surface area contributed by atoms with E-state index in [4.69, 9.17) is 9.47 Å². The molecule has 0 saturated heterocycles. The second-order valence-corrected chi connectivity index (χ2v) is 5.13. The molecule has 106 valence electrons. The fourth-order valence-corrected chi connectivity index (χ4v) is 2.90. The van der Waals surface area contributed by atoms with Gasteiger partial charge < -0.3 is 9.47 Å². The molecule has 1 spiro atoms. The third-order valence-electron chi connectivity index (χ3n) is 4.01. The van der Waals surface area contributed by atoms with Crippen molar-refractivity contribution >= 4 is 17.7 Å². The third kappa shape index (κ3) is 1.90. The molecule has 0 aromatic rings. The molecule has 0 aromatic carbocycles. The molecule has 0 bridgehead atoms. The van der Waals surface area contributed by atoms with Crippen LogP contribution in [0, 0.1) is 10.8 Å². The van der Waals surface area contributed by atoms with Crippen LogP contribution in [0.4, 0.5) is 0 Å². The highest BCUT2D eigenvalue weighted by Gasteiger charge is 2.59. The maximum atomic E-state index is 12.1. The maximum absolute atomic E-state index is 12.1. The first-order valence-corrected chi connectivity index (χ1v) is 6.18. The number of hydrogen-bond acceptors (Lipinski definition) is 5. The molecule has 0 aliphatic heterocycles. The average molecular weight is 276 g/mol. The summed E-state index contributed by atoms with van der Waals surface area (Å²) in [5.41, 5.74) is -1.38. The van der Waals surface area contributed by atoms with Gasteiger partial charge >= 0.3 is 11.9 Å². The van der Waals surface area contributed by atoms with Crippen LogP contribution in [0.2, 0.25) is 0 Å². The number of methoxy groups -OCH3 is 2. The van der Waals surface area contributed by atoms with E-state index in [-0.39, 0.29) is 18.6 Å². The van der Waals surface area contributed by atoms with Crippen molar-refractivity contribution in [1.29, 1.82) is 0 Å². The van der Waals surface area contributed by atoms with Crippen LogP contribution in [-0.4, -0.2) is 31.9 Å². The smallest absolute Gasteiger partial charge is 0.323 e. The van der Waals surface area contributed by atoms with Crippen molar-refractivity contribution in [2.45, 2.75) is 12.8 Å². The van der Waals surface area contributed by atoms with Crippen molar-refractivity contribution in [2.75, 3.05) is 14.2 Å². The zero-order valence-corrected chi connectivity index (χ0v) is 11.5. The molecular weight excluding hydrogens is 260 g/mol. The highest BCUT2D eigenvalue weighted by Crippen LogP contribution is 2.55. The van der Waals surface area contributed by atoms with E-state index in [2.05, 4.69) is 6.58 Å². The van der Waals surface area contributed by atoms with Crippen molar-refractivity contribution in [3.63, 3.8) is 0 Å². The third-order valence-corrected chi connectivity index (χ3v) is 4.01. The van der Waals surface area contributed by atoms with Gasteiger partial charge in [0.15, 0.2) is 11.2 Å². The standard InChI is InChI=1S/C15H16O5/c1-10-8-15(12(17)19-2,13(18)20-3)9-14(10)6-4-11(16)5-7-14/h4-7H,1,8-9H2,2-3H3. The van der Waals surface area contributed by atoms with E-state index in [1.54, 1.807) is 12.2 Å². The van der Waals surface area contributed by atoms with E-state index in [0.717, 1.165) is 0 Å². The molecule has 1 fully saturated rings. The Morgan fingerprint density at radius 3 is 2.10 bits per heavy atom. The van der Waals surface area contributed by atoms with Gasteiger partial charge in [0.1, 0.15) is 0 Å². The molecule has 20 heavy (non-hydrogen) atoms. The van der Waals surface area contributed by atoms with Crippen molar-refractivity contribution in [3.05, 3.63) is 36.5 Å². The predicted molar refractivity (Wildman–Crippen MR) is 70.6 cm³/mol. The molecule has 5 heteroatoms. The van der Waals surface area contributed by atoms with Crippen molar-refractivity contribution in [2.24, 2.45) is 10.8 Å². The Labute approximate surface area is 116 Å². The summed E-state index contributed by atoms with van der Waals surface area (Å²) >= 11 is 0. The number of carbonyl (C=O) groups excluding carboxylic acids is 3. The molecule has 1 saturated carbocycles. The quantitative estimate of drug-likeness (QED) is 0.432. The van der Waals surface area contributed by atoms with Crippen molar-refractivity contribution in [1.82, 2.24) is 0 Å². The van der Waals surface area contributed by atoms with Crippen LogP contribution in [0.1, 0.15) is 12.8 Å². The van der Waals surface area contributed by atoms with Gasteiger partial charge in [0.25, 0.3) is 0 Å². The fraction of sp³-hybridized carbons (Fsp3) is 0.400. The summed E-state index contributed by atoms with van der Waals surface area (Å²) in [6.45, 7) is 3.96. The molecular formula is C15H16O5. The molecule has 0 aromatic heterocycles. The average Bonchev–Trinajstić information content (AvgIpc) is 2.75. The minimum atomic E-state index is -1.39. The molecule has 2 aliphatic rings. The Morgan fingerprint density at radius 2 is 1.65 bits per heavy atom. The molecule has 5 nitrogen and oxygen atoms in total. The highest BCUT2D eigenvalue weighted by molar-refractivity contribution is 6.03. The lowest BCUT2D eigenvalue weighted by Crippen LogP contribution is -2.40. The van der Waals surface area contributed by atoms with Crippen molar-refractivity contribution in [3.8, 4) is 0 Å². The van der Waals surface area contributed by atoms with Crippen LogP contribution < -0.4 is 0 Å². The van der Waals surface area contributed by atoms with E-state index in [1.807, 2.05) is 0 Å². The number of rotatable bonds is 2. The summed E-state index contributed by atoms with van der Waals surface area (Å²) in [7, 11) is 2.47. The minimum Gasteiger partial charge on any atom is -0.468 e. The minimum absolute atomic E-state index is 0.128. The monoisotopic (exact) mass is 276 g/mol. The Morgan fingerprint density at radius 1 is 1.15 bits per heavy atom. The fourth-order valence-electron chi connectivity index (χ4n) is 2.90. The lowest BCUT2D eigenvalue weighted by molar-refractivity contribution is -0.168. The van der Waals surface area contributed by atoms with Crippen molar-refractivity contribution < 1.29 is 23.9 Å². The number of carbonyl (C=O) groups is 3. The topological polar surface area (TPSA) is 69.7 Å². The molecule has 2 rings (SSSR count). The SMILES string of the molecule is C=C1CC(C(=O)OC)(C(=O)OC)CC12C=CC(=O)C=C2. The number of esters is 2. The van der Waals surface area contributed by atoms with Crippen LogP contribution in [0.15, 0.2) is 36.5 Å². The summed E-state index contributed by atoms with van der Waals surface area (Å²) in [4.78, 5) is 35.5. The molecule has 0 radical (unpaired) electrons. The van der Waals surface area contributed by atoms with E-state index in [9.17, 15) is 14.4 Å². The summed E-state index contributed by atoms with van der Waals surface area (Å²) < 4.78 is 9.54. The lowest BCUT2D eigenvalue weighted by atomic mass is 9.76. The van der Waals surface area contributed by atoms with Gasteiger partial charge in [0, 0.05) is 5.41 Å². The van der Waals surface area contributed by atoms with Gasteiger partial charge in [-0.25, -0.2) is 0 Å². The first-order chi connectivity index (χ1) is 9.40. The second-order valence-electron chi connectivity index (χ2n) is 5.13. The van der Waals surface area contributed by atoms with Gasteiger partial charge in [-0.15, -0.1) is 0 Å². The van der Waals surface area contributed by atoms with Gasteiger partial charge in [-0.1, -0.05) is 24.3 Å². The Kier molecular flexibility index (Phi) is 3.38. The second kappa shape index (κ2) is 4.74. The summed E-state index contributed by atoms with van der Waals surface area (Å²) in [6.07, 6.45) is 6.54. The maximum Gasteiger partial charge on any atom is 0.323 e. The van der Waals surface area contributed by atoms with Crippen LogP contribution in [0.25, 0.3) is 0 Å². The van der Waals surface area contributed by atoms with Crippen LogP contribution >= 0.6 is 0 Å². The molecule has 0 unspecified atom stereocenters. The number of hydrogen-bond donors (Lipinski definition) is 0. The summed E-state index contributed by atoms with van der Waals surface area (Å²) in [6, 6.07) is 0. The highest BCUT2D eigenvalue weighted by atomic mass is 16.5. The Balaban J connectivity index is 2.45. The number of allylic oxidation sites excluding steroid dienone is 5. The van der Waals surface area contributed by atoms with E-state index in [0.29, 0.717) is 5.57 Å². The predicted octanol–water partition coefficient (Wildman–Crippen LogP) is 1.35. The molecule has 2 aliphatic carbocycles. The summed E-state index contributed by atoms with van der Waals surface area (Å²) in [5, 5.41) is 0.